The van der Waals surface area contributed by atoms with Gasteiger partial charge in [-0.15, -0.1) is 11.3 Å². The summed E-state index contributed by atoms with van der Waals surface area (Å²) in [6.45, 7) is 0.814. The Kier molecular flexibility index (Phi) is 6.76. The van der Waals surface area contributed by atoms with Crippen LogP contribution in [-0.4, -0.2) is 37.0 Å². The predicted octanol–water partition coefficient (Wildman–Crippen LogP) is 6.02. The summed E-state index contributed by atoms with van der Waals surface area (Å²) in [5.74, 6) is 0.106. The van der Waals surface area contributed by atoms with Gasteiger partial charge in [0.05, 0.1) is 10.4 Å². The number of likely N-dealkylation sites (N-methyl/N-ethyl adjacent to an activating group) is 1. The van der Waals surface area contributed by atoms with Crippen LogP contribution in [0, 0.1) is 0 Å². The number of hydrogen-bond acceptors (Lipinski definition) is 4. The van der Waals surface area contributed by atoms with Crippen LogP contribution in [0.15, 0.2) is 48.5 Å². The van der Waals surface area contributed by atoms with Crippen LogP contribution in [0.2, 0.25) is 0 Å². The molecule has 0 spiro atoms. The quantitative estimate of drug-likeness (QED) is 0.449. The van der Waals surface area contributed by atoms with Crippen LogP contribution in [0.3, 0.4) is 0 Å². The van der Waals surface area contributed by atoms with Gasteiger partial charge in [-0.2, -0.15) is 0 Å². The van der Waals surface area contributed by atoms with Crippen molar-refractivity contribution >= 4 is 27.3 Å². The molecule has 32 heavy (non-hydrogen) atoms. The number of alkyl halides is 2. The van der Waals surface area contributed by atoms with Crippen LogP contribution in [0.4, 0.5) is 8.78 Å². The van der Waals surface area contributed by atoms with E-state index in [0.717, 1.165) is 42.6 Å². The van der Waals surface area contributed by atoms with Gasteiger partial charge in [-0.1, -0.05) is 43.2 Å². The number of nitrogens with one attached hydrogen (secondary N) is 1. The highest BCUT2D eigenvalue weighted by atomic mass is 32.1. The van der Waals surface area contributed by atoms with Crippen molar-refractivity contribution in [2.45, 2.75) is 44.3 Å². The van der Waals surface area contributed by atoms with Crippen LogP contribution < -0.4 is 10.1 Å². The number of halogens is 2. The summed E-state index contributed by atoms with van der Waals surface area (Å²) >= 11 is 0.970. The summed E-state index contributed by atoms with van der Waals surface area (Å²) in [5, 5.41) is 3.48. The highest BCUT2D eigenvalue weighted by Gasteiger charge is 2.36. The summed E-state index contributed by atoms with van der Waals surface area (Å²) in [4.78, 5) is 15.1. The van der Waals surface area contributed by atoms with Gasteiger partial charge in [-0.3, -0.25) is 4.79 Å². The Hall–Kier alpha value is -2.51. The van der Waals surface area contributed by atoms with Crippen LogP contribution in [0.5, 0.6) is 5.75 Å². The second-order valence-corrected chi connectivity index (χ2v) is 9.67. The summed E-state index contributed by atoms with van der Waals surface area (Å²) in [6.07, 6.45) is 1.49. The molecule has 0 saturated heterocycles. The molecule has 1 heterocycles. The second kappa shape index (κ2) is 9.55. The molecule has 3 aromatic rings. The van der Waals surface area contributed by atoms with E-state index >= 15 is 0 Å². The maximum absolute atomic E-state index is 13.8. The number of rotatable bonds is 8. The van der Waals surface area contributed by atoms with Gasteiger partial charge >= 0.3 is 0 Å². The van der Waals surface area contributed by atoms with E-state index in [1.807, 2.05) is 44.4 Å². The minimum Gasteiger partial charge on any atom is -0.489 e. The summed E-state index contributed by atoms with van der Waals surface area (Å²) < 4.78 is 34.2. The van der Waals surface area contributed by atoms with E-state index in [4.69, 9.17) is 4.74 Å². The SMILES string of the molecule is CN(C)C1(CNC(=O)c2c(C(F)F)sc3ccc(OCc4ccccc4)cc23)CCCC1. The van der Waals surface area contributed by atoms with Crippen LogP contribution >= 0.6 is 11.3 Å². The van der Waals surface area contributed by atoms with E-state index in [2.05, 4.69) is 10.2 Å². The lowest BCUT2D eigenvalue weighted by molar-refractivity contribution is 0.0892. The first kappa shape index (κ1) is 22.7. The van der Waals surface area contributed by atoms with E-state index in [9.17, 15) is 13.6 Å². The smallest absolute Gasteiger partial charge is 0.273 e. The third-order valence-corrected chi connectivity index (χ3v) is 7.60. The molecule has 1 fully saturated rings. The third-order valence-electron chi connectivity index (χ3n) is 6.42. The molecular formula is C25H28F2N2O2S. The normalized spacial score (nSPS) is 15.6. The number of ether oxygens (including phenoxy) is 1. The van der Waals surface area contributed by atoms with Gasteiger partial charge < -0.3 is 15.0 Å². The molecule has 0 atom stereocenters. The lowest BCUT2D eigenvalue weighted by Gasteiger charge is -2.36. The van der Waals surface area contributed by atoms with Crippen molar-refractivity contribution in [1.29, 1.82) is 0 Å². The van der Waals surface area contributed by atoms with Crippen molar-refractivity contribution in [3.63, 3.8) is 0 Å². The molecule has 4 rings (SSSR count). The van der Waals surface area contributed by atoms with Crippen molar-refractivity contribution in [2.24, 2.45) is 0 Å². The molecule has 1 aromatic heterocycles. The minimum absolute atomic E-state index is 0.0667. The van der Waals surface area contributed by atoms with Crippen LogP contribution in [-0.2, 0) is 6.61 Å². The lowest BCUT2D eigenvalue weighted by Crippen LogP contribution is -2.50. The summed E-state index contributed by atoms with van der Waals surface area (Å²) in [7, 11) is 4.02. The van der Waals surface area contributed by atoms with E-state index in [1.54, 1.807) is 18.2 Å². The van der Waals surface area contributed by atoms with Gasteiger partial charge in [0.1, 0.15) is 12.4 Å². The van der Waals surface area contributed by atoms with Crippen LogP contribution in [0.25, 0.3) is 10.1 Å². The fourth-order valence-corrected chi connectivity index (χ4v) is 5.50. The van der Waals surface area contributed by atoms with Crippen molar-refractivity contribution in [3.05, 3.63) is 64.5 Å². The van der Waals surface area contributed by atoms with Crippen LogP contribution in [0.1, 0.15) is 52.9 Å². The number of benzene rings is 2. The Labute approximate surface area is 191 Å². The summed E-state index contributed by atoms with van der Waals surface area (Å²) in [5.41, 5.74) is 0.961. The number of thiophene rings is 1. The van der Waals surface area contributed by atoms with Crippen molar-refractivity contribution in [3.8, 4) is 5.75 Å². The third kappa shape index (κ3) is 4.64. The number of fused-ring (bicyclic) bond motifs is 1. The Morgan fingerprint density at radius 1 is 1.16 bits per heavy atom. The van der Waals surface area contributed by atoms with Crippen molar-refractivity contribution in [1.82, 2.24) is 10.2 Å². The largest absolute Gasteiger partial charge is 0.489 e. The number of amides is 1. The second-order valence-electron chi connectivity index (χ2n) is 8.58. The molecular weight excluding hydrogens is 430 g/mol. The average molecular weight is 459 g/mol. The Morgan fingerprint density at radius 2 is 1.88 bits per heavy atom. The molecule has 0 aliphatic heterocycles. The fourth-order valence-electron chi connectivity index (χ4n) is 4.46. The maximum Gasteiger partial charge on any atom is 0.273 e. The van der Waals surface area contributed by atoms with Crippen molar-refractivity contribution < 1.29 is 18.3 Å². The van der Waals surface area contributed by atoms with E-state index in [-0.39, 0.29) is 16.0 Å². The summed E-state index contributed by atoms with van der Waals surface area (Å²) in [6, 6.07) is 14.9. The fraction of sp³-hybridized carbons (Fsp3) is 0.400. The Balaban J connectivity index is 1.59. The maximum atomic E-state index is 13.8. The van der Waals surface area contributed by atoms with E-state index in [1.165, 1.54) is 0 Å². The molecule has 0 radical (unpaired) electrons. The zero-order chi connectivity index (χ0) is 22.7. The molecule has 1 aliphatic rings. The minimum atomic E-state index is -2.71. The lowest BCUT2D eigenvalue weighted by atomic mass is 9.95. The molecule has 4 nitrogen and oxygen atoms in total. The Morgan fingerprint density at radius 3 is 2.53 bits per heavy atom. The van der Waals surface area contributed by atoms with Crippen molar-refractivity contribution in [2.75, 3.05) is 20.6 Å². The molecule has 1 aliphatic carbocycles. The molecule has 2 aromatic carbocycles. The Bertz CT molecular complexity index is 1080. The number of carbonyl (C=O) groups excluding carboxylic acids is 1. The highest BCUT2D eigenvalue weighted by molar-refractivity contribution is 7.19. The predicted molar refractivity (Wildman–Crippen MR) is 125 cm³/mol. The monoisotopic (exact) mass is 458 g/mol. The molecule has 0 unspecified atom stereocenters. The first-order valence-electron chi connectivity index (χ1n) is 10.9. The van der Waals surface area contributed by atoms with Gasteiger partial charge in [-0.25, -0.2) is 8.78 Å². The molecule has 0 bridgehead atoms. The molecule has 1 N–H and O–H groups in total. The van der Waals surface area contributed by atoms with Gasteiger partial charge in [0, 0.05) is 22.2 Å². The van der Waals surface area contributed by atoms with Gasteiger partial charge in [0.25, 0.3) is 12.3 Å². The van der Waals surface area contributed by atoms with Gasteiger partial charge in [0.15, 0.2) is 0 Å². The number of carbonyl (C=O) groups is 1. The standard InChI is InChI=1S/C25H28F2N2O2S/c1-29(2)25(12-6-7-13-25)16-28-24(30)21-19-14-18(31-15-17-8-4-3-5-9-17)10-11-20(19)32-22(21)23(26)27/h3-5,8-11,14,23H,6-7,12-13,15-16H2,1-2H3,(H,28,30). The first-order valence-corrected chi connectivity index (χ1v) is 11.7. The van der Waals surface area contributed by atoms with Gasteiger partial charge in [0.2, 0.25) is 0 Å². The molecule has 170 valence electrons. The highest BCUT2D eigenvalue weighted by Crippen LogP contribution is 2.39. The topological polar surface area (TPSA) is 41.6 Å². The number of nitrogens with zero attached hydrogens (tertiary/aromatic N) is 1. The zero-order valence-corrected chi connectivity index (χ0v) is 19.2. The van der Waals surface area contributed by atoms with Gasteiger partial charge in [-0.05, 0) is 50.7 Å². The van der Waals surface area contributed by atoms with E-state index in [0.29, 0.717) is 29.0 Å². The first-order chi connectivity index (χ1) is 15.4. The molecule has 1 amide bonds. The van der Waals surface area contributed by atoms with E-state index < -0.39 is 12.3 Å². The zero-order valence-electron chi connectivity index (χ0n) is 18.4. The molecule has 7 heteroatoms. The average Bonchev–Trinajstić information content (AvgIpc) is 3.42. The number of hydrogen-bond donors (Lipinski definition) is 1. The molecule has 1 saturated carbocycles.